The van der Waals surface area contributed by atoms with Gasteiger partial charge in [-0.3, -0.25) is 9.52 Å². The molecular weight excluding hydrogens is 200 g/mol. The number of nitrogens with zero attached hydrogens (tertiary/aromatic N) is 1. The molecule has 1 rings (SSSR count). The first kappa shape index (κ1) is 11.0. The number of carbonyl (C=O) groups excluding carboxylic acids is 1. The molecule has 1 aromatic heterocycles. The van der Waals surface area contributed by atoms with Crippen LogP contribution >= 0.6 is 11.9 Å². The summed E-state index contributed by atoms with van der Waals surface area (Å²) >= 11 is 1.28. The number of amides is 1. The fourth-order valence-corrected chi connectivity index (χ4v) is 1.55. The zero-order chi connectivity index (χ0) is 10.4. The van der Waals surface area contributed by atoms with Crippen LogP contribution in [0.1, 0.15) is 0 Å². The van der Waals surface area contributed by atoms with E-state index in [2.05, 4.69) is 9.46 Å². The van der Waals surface area contributed by atoms with Gasteiger partial charge in [-0.25, -0.2) is 4.57 Å². The molecule has 0 saturated carbocycles. The molecule has 0 radical (unpaired) electrons. The molecule has 5 heteroatoms. The van der Waals surface area contributed by atoms with Gasteiger partial charge in [-0.05, 0) is 18.0 Å². The molecule has 0 saturated heterocycles. The molecule has 0 aliphatic heterocycles. The van der Waals surface area contributed by atoms with E-state index in [-0.39, 0.29) is 12.5 Å². The molecule has 0 bridgehead atoms. The van der Waals surface area contributed by atoms with E-state index in [1.807, 2.05) is 36.1 Å². The van der Waals surface area contributed by atoms with E-state index in [1.54, 1.807) is 0 Å². The lowest BCUT2D eigenvalue weighted by atomic mass is 10.5. The molecule has 0 fully saturated rings. The van der Waals surface area contributed by atoms with Gasteiger partial charge in [0.25, 0.3) is 5.91 Å². The van der Waals surface area contributed by atoms with Gasteiger partial charge in [0.2, 0.25) is 0 Å². The SMILES string of the molecule is COCC(=O)NSc1ccc[n+](C)c1. The molecule has 0 aliphatic rings. The van der Waals surface area contributed by atoms with Crippen LogP contribution in [0.2, 0.25) is 0 Å². The Kier molecular flexibility index (Phi) is 4.42. The maximum absolute atomic E-state index is 11.0. The van der Waals surface area contributed by atoms with Gasteiger partial charge in [-0.15, -0.1) is 0 Å². The molecule has 0 spiro atoms. The molecule has 76 valence electrons. The Balaban J connectivity index is 2.41. The van der Waals surface area contributed by atoms with Crippen LogP contribution in [-0.2, 0) is 16.6 Å². The van der Waals surface area contributed by atoms with Crippen LogP contribution in [0.25, 0.3) is 0 Å². The van der Waals surface area contributed by atoms with Gasteiger partial charge in [0.15, 0.2) is 12.4 Å². The number of rotatable bonds is 4. The van der Waals surface area contributed by atoms with Crippen molar-refractivity contribution in [3.05, 3.63) is 24.5 Å². The number of ether oxygens (including phenoxy) is 1. The van der Waals surface area contributed by atoms with Crippen molar-refractivity contribution in [3.8, 4) is 0 Å². The average molecular weight is 213 g/mol. The molecule has 0 aliphatic carbocycles. The van der Waals surface area contributed by atoms with Crippen LogP contribution < -0.4 is 9.29 Å². The third kappa shape index (κ3) is 3.76. The monoisotopic (exact) mass is 213 g/mol. The standard InChI is InChI=1S/C9H12N2O2S/c1-11-5-3-4-8(6-11)14-10-9(12)7-13-2/h3-6H,7H2,1-2H3/p+1. The number of nitrogens with one attached hydrogen (secondary N) is 1. The van der Waals surface area contributed by atoms with Crippen molar-refractivity contribution < 1.29 is 14.1 Å². The molecular formula is C9H13N2O2S+. The highest BCUT2D eigenvalue weighted by Gasteiger charge is 2.02. The van der Waals surface area contributed by atoms with Crippen LogP contribution in [0.3, 0.4) is 0 Å². The predicted molar refractivity (Wildman–Crippen MR) is 53.5 cm³/mol. The largest absolute Gasteiger partial charge is 0.375 e. The Morgan fingerprint density at radius 2 is 2.50 bits per heavy atom. The van der Waals surface area contributed by atoms with Crippen molar-refractivity contribution in [2.75, 3.05) is 13.7 Å². The highest BCUT2D eigenvalue weighted by atomic mass is 32.2. The number of aryl methyl sites for hydroxylation is 1. The van der Waals surface area contributed by atoms with Gasteiger partial charge in [-0.2, -0.15) is 0 Å². The van der Waals surface area contributed by atoms with E-state index in [1.165, 1.54) is 19.1 Å². The van der Waals surface area contributed by atoms with Crippen molar-refractivity contribution in [1.82, 2.24) is 4.72 Å². The smallest absolute Gasteiger partial charge is 0.256 e. The second-order valence-corrected chi connectivity index (χ2v) is 3.65. The summed E-state index contributed by atoms with van der Waals surface area (Å²) in [5.41, 5.74) is 0. The third-order valence-electron chi connectivity index (χ3n) is 1.47. The van der Waals surface area contributed by atoms with Crippen molar-refractivity contribution >= 4 is 17.9 Å². The molecule has 1 aromatic rings. The normalized spacial score (nSPS) is 9.86. The Morgan fingerprint density at radius 3 is 3.14 bits per heavy atom. The molecule has 0 aromatic carbocycles. The Bertz CT molecular complexity index is 317. The summed E-state index contributed by atoms with van der Waals surface area (Å²) in [5, 5.41) is 0. The van der Waals surface area contributed by atoms with E-state index in [4.69, 9.17) is 0 Å². The highest BCUT2D eigenvalue weighted by molar-refractivity contribution is 7.98. The first-order chi connectivity index (χ1) is 6.72. The molecule has 1 heterocycles. The topological polar surface area (TPSA) is 42.2 Å². The summed E-state index contributed by atoms with van der Waals surface area (Å²) < 4.78 is 9.27. The molecule has 1 amide bonds. The van der Waals surface area contributed by atoms with Crippen molar-refractivity contribution in [2.45, 2.75) is 4.90 Å². The lowest BCUT2D eigenvalue weighted by Crippen LogP contribution is -2.27. The van der Waals surface area contributed by atoms with Gasteiger partial charge < -0.3 is 4.74 Å². The van der Waals surface area contributed by atoms with E-state index in [9.17, 15) is 4.79 Å². The molecule has 14 heavy (non-hydrogen) atoms. The maximum atomic E-state index is 11.0. The Hall–Kier alpha value is -1.07. The first-order valence-electron chi connectivity index (χ1n) is 4.12. The van der Waals surface area contributed by atoms with Crippen LogP contribution in [0.5, 0.6) is 0 Å². The summed E-state index contributed by atoms with van der Waals surface area (Å²) in [6.45, 7) is 0.0892. The minimum Gasteiger partial charge on any atom is -0.375 e. The Morgan fingerprint density at radius 1 is 1.71 bits per heavy atom. The van der Waals surface area contributed by atoms with Crippen molar-refractivity contribution in [1.29, 1.82) is 0 Å². The van der Waals surface area contributed by atoms with Gasteiger partial charge in [0.1, 0.15) is 13.7 Å². The lowest BCUT2D eigenvalue weighted by Gasteiger charge is -2.01. The van der Waals surface area contributed by atoms with Gasteiger partial charge >= 0.3 is 0 Å². The number of hydrogen-bond acceptors (Lipinski definition) is 3. The predicted octanol–water partition coefficient (Wildman–Crippen LogP) is 0.281. The third-order valence-corrected chi connectivity index (χ3v) is 2.28. The summed E-state index contributed by atoms with van der Waals surface area (Å²) in [5.74, 6) is -0.135. The molecule has 1 N–H and O–H groups in total. The minimum absolute atomic E-state index is 0.0892. The van der Waals surface area contributed by atoms with Crippen LogP contribution in [0, 0.1) is 0 Å². The zero-order valence-corrected chi connectivity index (χ0v) is 9.00. The quantitative estimate of drug-likeness (QED) is 0.577. The first-order valence-corrected chi connectivity index (χ1v) is 4.94. The van der Waals surface area contributed by atoms with E-state index < -0.39 is 0 Å². The number of carbonyl (C=O) groups is 1. The number of aromatic nitrogens is 1. The van der Waals surface area contributed by atoms with E-state index in [0.717, 1.165) is 4.90 Å². The second kappa shape index (κ2) is 5.62. The van der Waals surface area contributed by atoms with Crippen LogP contribution in [0.15, 0.2) is 29.4 Å². The van der Waals surface area contributed by atoms with Gasteiger partial charge in [0, 0.05) is 13.2 Å². The lowest BCUT2D eigenvalue weighted by molar-refractivity contribution is -0.673. The summed E-state index contributed by atoms with van der Waals surface area (Å²) in [6.07, 6.45) is 3.86. The average Bonchev–Trinajstić information content (AvgIpc) is 2.15. The number of hydrogen-bond donors (Lipinski definition) is 1. The summed E-state index contributed by atoms with van der Waals surface area (Å²) in [4.78, 5) is 12.0. The van der Waals surface area contributed by atoms with E-state index in [0.29, 0.717) is 0 Å². The summed E-state index contributed by atoms with van der Waals surface area (Å²) in [6, 6.07) is 3.85. The second-order valence-electron chi connectivity index (χ2n) is 2.77. The number of methoxy groups -OCH3 is 1. The van der Waals surface area contributed by atoms with Crippen LogP contribution in [-0.4, -0.2) is 19.6 Å². The molecule has 0 unspecified atom stereocenters. The highest BCUT2D eigenvalue weighted by Crippen LogP contribution is 2.10. The number of pyridine rings is 1. The Labute approximate surface area is 87.4 Å². The van der Waals surface area contributed by atoms with Gasteiger partial charge in [-0.1, -0.05) is 0 Å². The molecule has 0 atom stereocenters. The minimum atomic E-state index is -0.135. The van der Waals surface area contributed by atoms with E-state index >= 15 is 0 Å². The zero-order valence-electron chi connectivity index (χ0n) is 8.19. The molecule has 4 nitrogen and oxygen atoms in total. The van der Waals surface area contributed by atoms with Gasteiger partial charge in [0.05, 0.1) is 4.90 Å². The summed E-state index contributed by atoms with van der Waals surface area (Å²) in [7, 11) is 3.42. The fourth-order valence-electron chi connectivity index (χ4n) is 0.897. The fraction of sp³-hybridized carbons (Fsp3) is 0.333. The van der Waals surface area contributed by atoms with Crippen molar-refractivity contribution in [3.63, 3.8) is 0 Å². The van der Waals surface area contributed by atoms with Crippen molar-refractivity contribution in [2.24, 2.45) is 7.05 Å². The van der Waals surface area contributed by atoms with Crippen LogP contribution in [0.4, 0.5) is 0 Å². The maximum Gasteiger partial charge on any atom is 0.256 e.